The van der Waals surface area contributed by atoms with E-state index in [4.69, 9.17) is 0 Å². The summed E-state index contributed by atoms with van der Waals surface area (Å²) in [6, 6.07) is 7.81. The number of nitrogens with zero attached hydrogens (tertiary/aromatic N) is 2. The largest absolute Gasteiger partial charge is 0.357 e. The van der Waals surface area contributed by atoms with E-state index in [0.29, 0.717) is 0 Å². The molecule has 0 amide bonds. The van der Waals surface area contributed by atoms with E-state index < -0.39 is 21.9 Å². The molecule has 25 heavy (non-hydrogen) atoms. The Kier molecular flexibility index (Phi) is 4.34. The Labute approximate surface area is 141 Å². The molecule has 0 bridgehead atoms. The van der Waals surface area contributed by atoms with E-state index in [9.17, 15) is 19.7 Å². The van der Waals surface area contributed by atoms with Crippen LogP contribution >= 0.6 is 0 Å². The number of hydrogen-bond donors (Lipinski definition) is 2. The Morgan fingerprint density at radius 1 is 1.20 bits per heavy atom. The smallest absolute Gasteiger partial charge is 0.347 e. The molecule has 0 aliphatic heterocycles. The first-order chi connectivity index (χ1) is 12.0. The van der Waals surface area contributed by atoms with Crippen LogP contribution in [0.15, 0.2) is 40.1 Å². The Bertz CT molecular complexity index is 1090. The van der Waals surface area contributed by atoms with Gasteiger partial charge in [0.1, 0.15) is 5.69 Å². The molecule has 128 valence electrons. The first-order valence-electron chi connectivity index (χ1n) is 7.78. The number of para-hydroxylation sites is 1. The summed E-state index contributed by atoms with van der Waals surface area (Å²) in [5.41, 5.74) is -0.734. The highest BCUT2D eigenvalue weighted by atomic mass is 16.6. The highest BCUT2D eigenvalue weighted by Crippen LogP contribution is 2.24. The van der Waals surface area contributed by atoms with Crippen molar-refractivity contribution in [3.05, 3.63) is 72.7 Å². The number of rotatable bonds is 5. The Morgan fingerprint density at radius 2 is 1.96 bits per heavy atom. The number of nitro groups is 1. The zero-order chi connectivity index (χ0) is 18.0. The quantitative estimate of drug-likeness (QED) is 0.548. The van der Waals surface area contributed by atoms with Gasteiger partial charge in [-0.2, -0.15) is 0 Å². The van der Waals surface area contributed by atoms with Crippen LogP contribution in [0.2, 0.25) is 0 Å². The van der Waals surface area contributed by atoms with Crippen molar-refractivity contribution in [3.8, 4) is 0 Å². The van der Waals surface area contributed by atoms with Crippen molar-refractivity contribution in [1.82, 2.24) is 14.5 Å². The fraction of sp³-hybridized carbons (Fsp3) is 0.176. The molecule has 1 aromatic carbocycles. The minimum atomic E-state index is -1.03. The number of hydrogen-bond acceptors (Lipinski definition) is 4. The molecule has 3 rings (SSSR count). The van der Waals surface area contributed by atoms with Gasteiger partial charge in [-0.05, 0) is 18.6 Å². The van der Waals surface area contributed by atoms with Crippen molar-refractivity contribution in [3.63, 3.8) is 0 Å². The maximum Gasteiger partial charge on any atom is 0.357 e. The molecule has 2 N–H and O–H groups in total. The SMILES string of the molecule is CCCn1cc(/C=C/c2[nH]c(=O)[nH]c(=O)c2[N+](=O)[O-])c2ccccc21. The van der Waals surface area contributed by atoms with Gasteiger partial charge in [-0.3, -0.25) is 19.9 Å². The van der Waals surface area contributed by atoms with Crippen molar-refractivity contribution >= 4 is 28.7 Å². The molecular formula is C17H16N4O4. The van der Waals surface area contributed by atoms with E-state index in [0.717, 1.165) is 29.4 Å². The van der Waals surface area contributed by atoms with Gasteiger partial charge in [0.05, 0.1) is 4.92 Å². The van der Waals surface area contributed by atoms with Crippen LogP contribution in [0, 0.1) is 10.1 Å². The molecule has 0 saturated heterocycles. The number of aromatic nitrogens is 3. The maximum absolute atomic E-state index is 11.7. The van der Waals surface area contributed by atoms with E-state index in [1.807, 2.05) is 35.4 Å². The first-order valence-corrected chi connectivity index (χ1v) is 7.78. The van der Waals surface area contributed by atoms with Crippen LogP contribution in [0.1, 0.15) is 24.6 Å². The van der Waals surface area contributed by atoms with Gasteiger partial charge in [0.15, 0.2) is 0 Å². The summed E-state index contributed by atoms with van der Waals surface area (Å²) in [5, 5.41) is 12.1. The van der Waals surface area contributed by atoms with Crippen molar-refractivity contribution in [2.24, 2.45) is 0 Å². The van der Waals surface area contributed by atoms with Crippen molar-refractivity contribution < 1.29 is 4.92 Å². The number of fused-ring (bicyclic) bond motifs is 1. The number of benzene rings is 1. The van der Waals surface area contributed by atoms with E-state index in [1.165, 1.54) is 6.08 Å². The van der Waals surface area contributed by atoms with Crippen LogP contribution in [0.3, 0.4) is 0 Å². The maximum atomic E-state index is 11.7. The molecule has 0 aliphatic carbocycles. The van der Waals surface area contributed by atoms with Gasteiger partial charge in [-0.25, -0.2) is 4.79 Å². The summed E-state index contributed by atoms with van der Waals surface area (Å²) in [4.78, 5) is 37.5. The van der Waals surface area contributed by atoms with Crippen molar-refractivity contribution in [2.75, 3.05) is 0 Å². The predicted molar refractivity (Wildman–Crippen MR) is 95.5 cm³/mol. The molecule has 8 heteroatoms. The number of nitrogens with one attached hydrogen (secondary N) is 2. The Balaban J connectivity index is 2.13. The van der Waals surface area contributed by atoms with E-state index in [2.05, 4.69) is 16.5 Å². The van der Waals surface area contributed by atoms with E-state index >= 15 is 0 Å². The van der Waals surface area contributed by atoms with Gasteiger partial charge >= 0.3 is 16.9 Å². The Hall–Kier alpha value is -3.42. The lowest BCUT2D eigenvalue weighted by molar-refractivity contribution is -0.386. The standard InChI is InChI=1S/C17H16N4O4/c1-2-9-20-10-11(12-5-3-4-6-14(12)20)7-8-13-15(21(24)25)16(22)19-17(23)18-13/h3-8,10H,2,9H2,1H3,(H2,18,19,22,23)/b8-7+. The molecule has 0 fully saturated rings. The lowest BCUT2D eigenvalue weighted by atomic mass is 10.1. The van der Waals surface area contributed by atoms with Gasteiger partial charge < -0.3 is 9.55 Å². The zero-order valence-electron chi connectivity index (χ0n) is 13.5. The van der Waals surface area contributed by atoms with Gasteiger partial charge in [-0.1, -0.05) is 31.2 Å². The molecule has 0 saturated carbocycles. The summed E-state index contributed by atoms with van der Waals surface area (Å²) < 4.78 is 2.10. The van der Waals surface area contributed by atoms with Gasteiger partial charge in [-0.15, -0.1) is 0 Å². The van der Waals surface area contributed by atoms with Crippen LogP contribution in [0.5, 0.6) is 0 Å². The monoisotopic (exact) mass is 340 g/mol. The molecule has 2 heterocycles. The third kappa shape index (κ3) is 3.14. The number of aryl methyl sites for hydroxylation is 1. The van der Waals surface area contributed by atoms with Crippen LogP contribution in [-0.4, -0.2) is 19.5 Å². The minimum absolute atomic E-state index is 0.133. The second-order valence-corrected chi connectivity index (χ2v) is 5.56. The molecule has 3 aromatic rings. The highest BCUT2D eigenvalue weighted by molar-refractivity contribution is 5.92. The highest BCUT2D eigenvalue weighted by Gasteiger charge is 2.19. The van der Waals surface area contributed by atoms with Crippen LogP contribution in [0.25, 0.3) is 23.1 Å². The van der Waals surface area contributed by atoms with E-state index in [-0.39, 0.29) is 5.69 Å². The molecule has 0 unspecified atom stereocenters. The average molecular weight is 340 g/mol. The molecular weight excluding hydrogens is 324 g/mol. The second-order valence-electron chi connectivity index (χ2n) is 5.56. The third-order valence-corrected chi connectivity index (χ3v) is 3.84. The van der Waals surface area contributed by atoms with Crippen molar-refractivity contribution in [2.45, 2.75) is 19.9 Å². The average Bonchev–Trinajstić information content (AvgIpc) is 2.90. The first kappa shape index (κ1) is 16.4. The lowest BCUT2D eigenvalue weighted by Gasteiger charge is -2.01. The number of aromatic amines is 2. The fourth-order valence-corrected chi connectivity index (χ4v) is 2.81. The second kappa shape index (κ2) is 6.60. The molecule has 8 nitrogen and oxygen atoms in total. The summed E-state index contributed by atoms with van der Waals surface area (Å²) in [6.45, 7) is 2.92. The molecule has 0 radical (unpaired) electrons. The summed E-state index contributed by atoms with van der Waals surface area (Å²) in [6.07, 6.45) is 5.95. The molecule has 2 aromatic heterocycles. The lowest BCUT2D eigenvalue weighted by Crippen LogP contribution is -2.25. The van der Waals surface area contributed by atoms with Crippen molar-refractivity contribution in [1.29, 1.82) is 0 Å². The molecule has 0 spiro atoms. The molecule has 0 atom stereocenters. The summed E-state index contributed by atoms with van der Waals surface area (Å²) in [5.74, 6) is 0. The van der Waals surface area contributed by atoms with Crippen LogP contribution in [0.4, 0.5) is 5.69 Å². The van der Waals surface area contributed by atoms with Gasteiger partial charge in [0, 0.05) is 29.2 Å². The topological polar surface area (TPSA) is 114 Å². The number of H-pyrrole nitrogens is 2. The molecule has 0 aliphatic rings. The fourth-order valence-electron chi connectivity index (χ4n) is 2.81. The Morgan fingerprint density at radius 3 is 2.68 bits per heavy atom. The van der Waals surface area contributed by atoms with E-state index in [1.54, 1.807) is 6.08 Å². The zero-order valence-corrected chi connectivity index (χ0v) is 13.5. The minimum Gasteiger partial charge on any atom is -0.347 e. The predicted octanol–water partition coefficient (Wildman–Crippen LogP) is 2.51. The van der Waals surface area contributed by atoms with Crippen LogP contribution < -0.4 is 11.2 Å². The summed E-state index contributed by atoms with van der Waals surface area (Å²) in [7, 11) is 0. The normalized spacial score (nSPS) is 11.4. The summed E-state index contributed by atoms with van der Waals surface area (Å²) >= 11 is 0. The third-order valence-electron chi connectivity index (χ3n) is 3.84. The van der Waals surface area contributed by atoms with Crippen LogP contribution in [-0.2, 0) is 6.54 Å². The van der Waals surface area contributed by atoms with Gasteiger partial charge in [0.25, 0.3) is 0 Å². The van der Waals surface area contributed by atoms with Gasteiger partial charge in [0.2, 0.25) is 0 Å².